The Bertz CT molecular complexity index is 1000. The number of hydrogen-bond donors (Lipinski definition) is 0. The molecule has 2 aromatic rings. The van der Waals surface area contributed by atoms with Gasteiger partial charge in [0.15, 0.2) is 0 Å². The van der Waals surface area contributed by atoms with E-state index in [0.717, 1.165) is 17.7 Å². The number of aromatic nitrogens is 2. The van der Waals surface area contributed by atoms with E-state index in [-0.39, 0.29) is 23.8 Å². The molecule has 0 amide bonds. The molecule has 2 aliphatic rings. The second-order valence-electron chi connectivity index (χ2n) is 7.43. The van der Waals surface area contributed by atoms with E-state index in [4.69, 9.17) is 11.6 Å². The molecule has 0 radical (unpaired) electrons. The van der Waals surface area contributed by atoms with Crippen molar-refractivity contribution < 1.29 is 13.2 Å². The van der Waals surface area contributed by atoms with E-state index < -0.39 is 17.7 Å². The van der Waals surface area contributed by atoms with Crippen LogP contribution in [0.5, 0.6) is 0 Å². The van der Waals surface area contributed by atoms with Crippen molar-refractivity contribution in [2.75, 3.05) is 0 Å². The molecule has 0 unspecified atom stereocenters. The molecule has 1 aromatic heterocycles. The zero-order valence-corrected chi connectivity index (χ0v) is 16.0. The van der Waals surface area contributed by atoms with Crippen LogP contribution in [0.3, 0.4) is 0 Å². The third-order valence-corrected chi connectivity index (χ3v) is 6.08. The number of hydrogen-bond acceptors (Lipinski definition) is 3. The highest BCUT2D eigenvalue weighted by Gasteiger charge is 2.42. The van der Waals surface area contributed by atoms with Crippen molar-refractivity contribution in [2.45, 2.75) is 51.1 Å². The van der Waals surface area contributed by atoms with Gasteiger partial charge in [0, 0.05) is 18.6 Å². The highest BCUT2D eigenvalue weighted by Crippen LogP contribution is 2.43. The van der Waals surface area contributed by atoms with E-state index >= 15 is 0 Å². The van der Waals surface area contributed by atoms with E-state index in [1.54, 1.807) is 19.2 Å². The van der Waals surface area contributed by atoms with Gasteiger partial charge in [0.05, 0.1) is 23.0 Å². The molecule has 2 heterocycles. The molecule has 0 saturated heterocycles. The predicted octanol–water partition coefficient (Wildman–Crippen LogP) is 5.29. The van der Waals surface area contributed by atoms with Crippen LogP contribution in [0.2, 0.25) is 5.02 Å². The fourth-order valence-corrected chi connectivity index (χ4v) is 4.18. The molecular formula is C20H19ClF3N3O. The Morgan fingerprint density at radius 1 is 1.18 bits per heavy atom. The summed E-state index contributed by atoms with van der Waals surface area (Å²) in [6, 6.07) is 5.52. The molecule has 8 heteroatoms. The molecule has 1 aliphatic heterocycles. The molecule has 1 aliphatic carbocycles. The van der Waals surface area contributed by atoms with E-state index in [2.05, 4.69) is 9.98 Å². The van der Waals surface area contributed by atoms with Crippen LogP contribution in [0.1, 0.15) is 48.7 Å². The molecule has 1 fully saturated rings. The van der Waals surface area contributed by atoms with Crippen molar-refractivity contribution in [3.8, 4) is 5.69 Å². The minimum absolute atomic E-state index is 0.0247. The van der Waals surface area contributed by atoms with Crippen molar-refractivity contribution in [3.63, 3.8) is 0 Å². The summed E-state index contributed by atoms with van der Waals surface area (Å²) < 4.78 is 40.5. The number of benzene rings is 1. The number of rotatable bonds is 2. The first-order chi connectivity index (χ1) is 13.3. The second kappa shape index (κ2) is 7.03. The zero-order valence-electron chi connectivity index (χ0n) is 15.3. The first-order valence-corrected chi connectivity index (χ1v) is 9.65. The lowest BCUT2D eigenvalue weighted by Gasteiger charge is -2.30. The average Bonchev–Trinajstić information content (AvgIpc) is 3.13. The third-order valence-electron chi connectivity index (χ3n) is 5.64. The minimum Gasteiger partial charge on any atom is -0.267 e. The second-order valence-corrected chi connectivity index (χ2v) is 7.81. The Balaban J connectivity index is 1.76. The van der Waals surface area contributed by atoms with Crippen molar-refractivity contribution in [3.05, 3.63) is 50.7 Å². The molecule has 148 valence electrons. The molecular weight excluding hydrogens is 391 g/mol. The fraction of sp³-hybridized carbons (Fsp3) is 0.450. The molecule has 0 spiro atoms. The summed E-state index contributed by atoms with van der Waals surface area (Å²) in [5, 5.41) is 0.0247. The monoisotopic (exact) mass is 409 g/mol. The van der Waals surface area contributed by atoms with E-state index in [1.165, 1.54) is 4.57 Å². The van der Waals surface area contributed by atoms with E-state index in [0.29, 0.717) is 30.0 Å². The Hall–Kier alpha value is -2.15. The molecule has 4 rings (SSSR count). The topological polar surface area (TPSA) is 47.2 Å². The lowest BCUT2D eigenvalue weighted by atomic mass is 9.81. The van der Waals surface area contributed by atoms with Gasteiger partial charge in [-0.05, 0) is 50.3 Å². The molecule has 0 N–H and O–H groups in total. The minimum atomic E-state index is -4.17. The van der Waals surface area contributed by atoms with Crippen molar-refractivity contribution in [1.29, 1.82) is 0 Å². The summed E-state index contributed by atoms with van der Waals surface area (Å²) in [4.78, 5) is 21.8. The summed E-state index contributed by atoms with van der Waals surface area (Å²) in [5.41, 5.74) is 2.44. The predicted molar refractivity (Wildman–Crippen MR) is 102 cm³/mol. The van der Waals surface area contributed by atoms with Crippen LogP contribution in [0.4, 0.5) is 18.9 Å². The largest absolute Gasteiger partial charge is 0.391 e. The number of halogens is 4. The number of alkyl halides is 3. The number of nitrogens with zero attached hydrogens (tertiary/aromatic N) is 3. The number of aryl methyl sites for hydroxylation is 1. The molecule has 28 heavy (non-hydrogen) atoms. The molecule has 1 aromatic carbocycles. The van der Waals surface area contributed by atoms with Crippen LogP contribution in [0.15, 0.2) is 28.0 Å². The fourth-order valence-electron chi connectivity index (χ4n) is 4.06. The number of aliphatic imine (C=N–C) groups is 1. The first kappa shape index (κ1) is 19.2. The van der Waals surface area contributed by atoms with Gasteiger partial charge in [0.2, 0.25) is 0 Å². The van der Waals surface area contributed by atoms with Gasteiger partial charge in [-0.15, -0.1) is 0 Å². The Morgan fingerprint density at radius 2 is 1.89 bits per heavy atom. The van der Waals surface area contributed by atoms with Crippen LogP contribution < -0.4 is 5.56 Å². The van der Waals surface area contributed by atoms with Gasteiger partial charge in [-0.2, -0.15) is 13.2 Å². The van der Waals surface area contributed by atoms with Crippen molar-refractivity contribution >= 4 is 23.5 Å². The molecule has 1 saturated carbocycles. The van der Waals surface area contributed by atoms with Gasteiger partial charge >= 0.3 is 6.18 Å². The Kier molecular flexibility index (Phi) is 4.81. The molecule has 4 nitrogen and oxygen atoms in total. The smallest absolute Gasteiger partial charge is 0.267 e. The maximum atomic E-state index is 13.0. The summed E-state index contributed by atoms with van der Waals surface area (Å²) in [7, 11) is 0. The maximum Gasteiger partial charge on any atom is 0.391 e. The van der Waals surface area contributed by atoms with Crippen molar-refractivity contribution in [1.82, 2.24) is 9.55 Å². The van der Waals surface area contributed by atoms with Crippen LogP contribution in [0.25, 0.3) is 5.69 Å². The summed E-state index contributed by atoms with van der Waals surface area (Å²) in [5.74, 6) is -1.03. The van der Waals surface area contributed by atoms with Gasteiger partial charge in [-0.3, -0.25) is 14.4 Å². The standard InChI is InChI=1S/C20H19ClF3N3O/c1-11-17(21)19(28)27(15-7-4-12-8-9-25-16(12)10-15)18(26-11)13-2-5-14(6-3-13)20(22,23)24/h4,7,9-10,13-14H,2-3,5-6,8H2,1H3/t13-,14+. The summed E-state index contributed by atoms with van der Waals surface area (Å²) in [6.07, 6.45) is -0.878. The average molecular weight is 410 g/mol. The third kappa shape index (κ3) is 3.36. The van der Waals surface area contributed by atoms with Gasteiger partial charge < -0.3 is 0 Å². The molecule has 0 bridgehead atoms. The van der Waals surface area contributed by atoms with Gasteiger partial charge in [0.25, 0.3) is 5.56 Å². The lowest BCUT2D eigenvalue weighted by Crippen LogP contribution is -2.31. The van der Waals surface area contributed by atoms with Crippen LogP contribution in [-0.4, -0.2) is 21.9 Å². The quantitative estimate of drug-likeness (QED) is 0.676. The highest BCUT2D eigenvalue weighted by atomic mass is 35.5. The maximum absolute atomic E-state index is 13.0. The van der Waals surface area contributed by atoms with E-state index in [9.17, 15) is 18.0 Å². The van der Waals surface area contributed by atoms with Crippen LogP contribution in [-0.2, 0) is 6.42 Å². The van der Waals surface area contributed by atoms with Gasteiger partial charge in [0.1, 0.15) is 10.8 Å². The van der Waals surface area contributed by atoms with E-state index in [1.807, 2.05) is 12.1 Å². The summed E-state index contributed by atoms with van der Waals surface area (Å²) in [6.45, 7) is 1.64. The normalized spacial score (nSPS) is 21.8. The van der Waals surface area contributed by atoms with Gasteiger partial charge in [-0.25, -0.2) is 4.98 Å². The lowest BCUT2D eigenvalue weighted by molar-refractivity contribution is -0.182. The Morgan fingerprint density at radius 3 is 2.57 bits per heavy atom. The number of fused-ring (bicyclic) bond motifs is 1. The SMILES string of the molecule is Cc1nc([C@H]2CC[C@@H](C(F)(F)F)CC2)n(-c2ccc3c(c2)N=CC3)c(=O)c1Cl. The highest BCUT2D eigenvalue weighted by molar-refractivity contribution is 6.31. The molecule has 0 atom stereocenters. The summed E-state index contributed by atoms with van der Waals surface area (Å²) >= 11 is 6.17. The zero-order chi connectivity index (χ0) is 20.1. The van der Waals surface area contributed by atoms with Crippen LogP contribution >= 0.6 is 11.6 Å². The van der Waals surface area contributed by atoms with Crippen molar-refractivity contribution in [2.24, 2.45) is 10.9 Å². The Labute approximate surface area is 165 Å². The van der Waals surface area contributed by atoms with Crippen LogP contribution in [0, 0.1) is 12.8 Å². The first-order valence-electron chi connectivity index (χ1n) is 9.27. The van der Waals surface area contributed by atoms with Gasteiger partial charge in [-0.1, -0.05) is 17.7 Å².